The number of nitriles is 1. The third kappa shape index (κ3) is 2.36. The Labute approximate surface area is 92.7 Å². The summed E-state index contributed by atoms with van der Waals surface area (Å²) in [6.07, 6.45) is 1.59. The molecule has 1 N–H and O–H groups in total. The van der Waals surface area contributed by atoms with Crippen molar-refractivity contribution in [2.75, 3.05) is 5.32 Å². The molecule has 0 radical (unpaired) electrons. The molecule has 2 aromatic heterocycles. The molecule has 0 bridgehead atoms. The first-order valence-corrected chi connectivity index (χ1v) is 4.80. The van der Waals surface area contributed by atoms with Crippen LogP contribution in [0, 0.1) is 18.3 Å². The second-order valence-electron chi connectivity index (χ2n) is 3.33. The fourth-order valence-electron chi connectivity index (χ4n) is 1.29. The van der Waals surface area contributed by atoms with Gasteiger partial charge in [-0.3, -0.25) is 0 Å². The Kier molecular flexibility index (Phi) is 2.83. The molecule has 2 rings (SSSR count). The van der Waals surface area contributed by atoms with E-state index in [4.69, 9.17) is 9.78 Å². The normalized spacial score (nSPS) is 9.75. The van der Waals surface area contributed by atoms with Crippen molar-refractivity contribution in [1.82, 2.24) is 10.1 Å². The molecular weight excluding hydrogens is 204 g/mol. The van der Waals surface area contributed by atoms with Crippen LogP contribution >= 0.6 is 0 Å². The van der Waals surface area contributed by atoms with Gasteiger partial charge in [0.05, 0.1) is 12.2 Å². The van der Waals surface area contributed by atoms with Crippen molar-refractivity contribution in [1.29, 1.82) is 5.26 Å². The summed E-state index contributed by atoms with van der Waals surface area (Å²) in [4.78, 5) is 3.88. The highest BCUT2D eigenvalue weighted by Crippen LogP contribution is 2.10. The molecule has 80 valence electrons. The van der Waals surface area contributed by atoms with Crippen molar-refractivity contribution >= 4 is 5.69 Å². The summed E-state index contributed by atoms with van der Waals surface area (Å²) >= 11 is 0. The number of anilines is 1. The fourth-order valence-corrected chi connectivity index (χ4v) is 1.29. The lowest BCUT2D eigenvalue weighted by Crippen LogP contribution is -1.98. The van der Waals surface area contributed by atoms with Crippen molar-refractivity contribution in [3.8, 4) is 6.07 Å². The first-order valence-electron chi connectivity index (χ1n) is 4.80. The van der Waals surface area contributed by atoms with Crippen LogP contribution in [0.5, 0.6) is 0 Å². The molecule has 0 atom stereocenters. The quantitative estimate of drug-likeness (QED) is 0.844. The van der Waals surface area contributed by atoms with Crippen LogP contribution in [0.4, 0.5) is 5.69 Å². The fraction of sp³-hybridized carbons (Fsp3) is 0.182. The van der Waals surface area contributed by atoms with Gasteiger partial charge in [0, 0.05) is 18.0 Å². The molecule has 0 aromatic carbocycles. The van der Waals surface area contributed by atoms with Crippen LogP contribution < -0.4 is 5.32 Å². The van der Waals surface area contributed by atoms with Gasteiger partial charge in [0.2, 0.25) is 0 Å². The third-order valence-corrected chi connectivity index (χ3v) is 2.02. The van der Waals surface area contributed by atoms with Crippen molar-refractivity contribution in [3.05, 3.63) is 41.5 Å². The molecule has 5 nitrogen and oxygen atoms in total. The maximum atomic E-state index is 8.68. The average Bonchev–Trinajstić information content (AvgIpc) is 2.73. The summed E-state index contributed by atoms with van der Waals surface area (Å²) in [6, 6.07) is 7.32. The molecule has 0 amide bonds. The first kappa shape index (κ1) is 10.2. The van der Waals surface area contributed by atoms with Crippen molar-refractivity contribution in [3.63, 3.8) is 0 Å². The van der Waals surface area contributed by atoms with Gasteiger partial charge in [-0.2, -0.15) is 5.26 Å². The van der Waals surface area contributed by atoms with Gasteiger partial charge in [-0.05, 0) is 19.1 Å². The van der Waals surface area contributed by atoms with Crippen LogP contribution in [0.2, 0.25) is 0 Å². The molecule has 5 heteroatoms. The van der Waals surface area contributed by atoms with Crippen LogP contribution in [0.25, 0.3) is 0 Å². The van der Waals surface area contributed by atoms with Crippen molar-refractivity contribution in [2.24, 2.45) is 0 Å². The van der Waals surface area contributed by atoms with Crippen molar-refractivity contribution in [2.45, 2.75) is 13.5 Å². The first-order chi connectivity index (χ1) is 7.78. The second-order valence-corrected chi connectivity index (χ2v) is 3.33. The number of pyridine rings is 1. The molecular formula is C11H10N4O. The smallest absolute Gasteiger partial charge is 0.156 e. The van der Waals surface area contributed by atoms with Crippen LogP contribution in [0.15, 0.2) is 28.9 Å². The van der Waals surface area contributed by atoms with E-state index in [0.29, 0.717) is 12.2 Å². The summed E-state index contributed by atoms with van der Waals surface area (Å²) in [5, 5.41) is 15.6. The molecule has 16 heavy (non-hydrogen) atoms. The number of aromatic nitrogens is 2. The average molecular weight is 214 g/mol. The highest BCUT2D eigenvalue weighted by molar-refractivity contribution is 5.45. The zero-order valence-electron chi connectivity index (χ0n) is 8.77. The number of aryl methyl sites for hydroxylation is 1. The highest BCUT2D eigenvalue weighted by Gasteiger charge is 2.01. The molecule has 0 aliphatic rings. The van der Waals surface area contributed by atoms with Crippen LogP contribution in [0.3, 0.4) is 0 Å². The minimum Gasteiger partial charge on any atom is -0.378 e. The Bertz CT molecular complexity index is 527. The monoisotopic (exact) mass is 214 g/mol. The molecule has 0 fully saturated rings. The summed E-state index contributed by atoms with van der Waals surface area (Å²) in [5.74, 6) is 0.757. The van der Waals surface area contributed by atoms with Gasteiger partial charge >= 0.3 is 0 Å². The van der Waals surface area contributed by atoms with Gasteiger partial charge in [-0.1, -0.05) is 5.16 Å². The van der Waals surface area contributed by atoms with Crippen molar-refractivity contribution < 1.29 is 4.52 Å². The van der Waals surface area contributed by atoms with E-state index in [2.05, 4.69) is 15.5 Å². The lowest BCUT2D eigenvalue weighted by molar-refractivity contribution is 0.384. The molecule has 0 saturated carbocycles. The maximum Gasteiger partial charge on any atom is 0.156 e. The number of nitrogens with zero attached hydrogens (tertiary/aromatic N) is 3. The molecule has 2 aromatic rings. The standard InChI is InChI=1S/C11H10N4O/c1-8-4-11(16-15-8)7-14-9-2-3-13-10(5-9)6-12/h2-5H,7H2,1H3,(H,13,14). The van der Waals surface area contributed by atoms with E-state index in [9.17, 15) is 0 Å². The molecule has 2 heterocycles. The van der Waals surface area contributed by atoms with Gasteiger partial charge in [-0.25, -0.2) is 4.98 Å². The summed E-state index contributed by atoms with van der Waals surface area (Å²) in [6.45, 7) is 2.41. The predicted molar refractivity (Wildman–Crippen MR) is 57.5 cm³/mol. The van der Waals surface area contributed by atoms with Crippen LogP contribution in [-0.4, -0.2) is 10.1 Å². The van der Waals surface area contributed by atoms with E-state index < -0.39 is 0 Å². The second kappa shape index (κ2) is 4.45. The lowest BCUT2D eigenvalue weighted by Gasteiger charge is -2.02. The predicted octanol–water partition coefficient (Wildman–Crippen LogP) is 1.86. The van der Waals surface area contributed by atoms with Gasteiger partial charge in [0.25, 0.3) is 0 Å². The molecule has 0 spiro atoms. The largest absolute Gasteiger partial charge is 0.378 e. The van der Waals surface area contributed by atoms with Crippen LogP contribution in [-0.2, 0) is 6.54 Å². The number of hydrogen-bond donors (Lipinski definition) is 1. The Morgan fingerprint density at radius 2 is 2.38 bits per heavy atom. The Balaban J connectivity index is 2.02. The van der Waals surface area contributed by atoms with Gasteiger partial charge in [0.1, 0.15) is 11.8 Å². The molecule has 0 aliphatic heterocycles. The SMILES string of the molecule is Cc1cc(CNc2ccnc(C#N)c2)on1. The van der Waals surface area contributed by atoms with Gasteiger partial charge in [-0.15, -0.1) is 0 Å². The topological polar surface area (TPSA) is 74.7 Å². The van der Waals surface area contributed by atoms with E-state index >= 15 is 0 Å². The summed E-state index contributed by atoms with van der Waals surface area (Å²) in [7, 11) is 0. The Hall–Kier alpha value is -2.35. The lowest BCUT2D eigenvalue weighted by atomic mass is 10.3. The zero-order valence-corrected chi connectivity index (χ0v) is 8.77. The minimum absolute atomic E-state index is 0.388. The van der Waals surface area contributed by atoms with Gasteiger partial charge < -0.3 is 9.84 Å². The molecule has 0 unspecified atom stereocenters. The zero-order chi connectivity index (χ0) is 11.4. The number of nitrogens with one attached hydrogen (secondary N) is 1. The molecule has 0 aliphatic carbocycles. The maximum absolute atomic E-state index is 8.68. The Morgan fingerprint density at radius 1 is 1.50 bits per heavy atom. The third-order valence-electron chi connectivity index (χ3n) is 2.02. The van der Waals surface area contributed by atoms with E-state index in [1.54, 1.807) is 18.3 Å². The number of rotatable bonds is 3. The van der Waals surface area contributed by atoms with E-state index in [0.717, 1.165) is 17.1 Å². The summed E-state index contributed by atoms with van der Waals surface area (Å²) < 4.78 is 5.05. The van der Waals surface area contributed by atoms with Gasteiger partial charge in [0.15, 0.2) is 5.76 Å². The molecule has 0 saturated heterocycles. The van der Waals surface area contributed by atoms with E-state index in [1.807, 2.05) is 19.1 Å². The van der Waals surface area contributed by atoms with E-state index in [1.165, 1.54) is 0 Å². The highest BCUT2D eigenvalue weighted by atomic mass is 16.5. The summed E-state index contributed by atoms with van der Waals surface area (Å²) in [5.41, 5.74) is 2.07. The minimum atomic E-state index is 0.388. The Morgan fingerprint density at radius 3 is 3.06 bits per heavy atom. The number of hydrogen-bond acceptors (Lipinski definition) is 5. The van der Waals surface area contributed by atoms with E-state index in [-0.39, 0.29) is 0 Å². The van der Waals surface area contributed by atoms with Crippen LogP contribution in [0.1, 0.15) is 17.1 Å².